The van der Waals surface area contributed by atoms with E-state index in [9.17, 15) is 4.79 Å². The van der Waals surface area contributed by atoms with Crippen molar-refractivity contribution in [2.75, 3.05) is 19.0 Å². The Labute approximate surface area is 164 Å². The molecule has 0 heterocycles. The average Bonchev–Trinajstić information content (AvgIpc) is 2.64. The van der Waals surface area contributed by atoms with Crippen molar-refractivity contribution in [1.82, 2.24) is 5.32 Å². The molecule has 0 atom stereocenters. The summed E-state index contributed by atoms with van der Waals surface area (Å²) >= 11 is 7.66. The maximum Gasteiger partial charge on any atom is 0.230 e. The van der Waals surface area contributed by atoms with Crippen molar-refractivity contribution >= 4 is 29.3 Å². The number of nitrogens with one attached hydrogen (secondary N) is 1. The standard InChI is InChI=1S/C20H24ClNO3S/c1-3-24-18-10-9-15(11-19(18)25-4-2)12-22-20(23)14-26-13-16-7-5-6-8-17(16)21/h5-11H,3-4,12-14H2,1-2H3,(H,22,23). The molecule has 140 valence electrons. The number of amides is 1. The van der Waals surface area contributed by atoms with E-state index in [4.69, 9.17) is 21.1 Å². The summed E-state index contributed by atoms with van der Waals surface area (Å²) in [5, 5.41) is 3.67. The highest BCUT2D eigenvalue weighted by atomic mass is 35.5. The van der Waals surface area contributed by atoms with Gasteiger partial charge in [-0.1, -0.05) is 35.9 Å². The zero-order chi connectivity index (χ0) is 18.8. The van der Waals surface area contributed by atoms with Crippen molar-refractivity contribution in [3.05, 3.63) is 58.6 Å². The summed E-state index contributed by atoms with van der Waals surface area (Å²) in [6.45, 7) is 5.47. The monoisotopic (exact) mass is 393 g/mol. The Bertz CT molecular complexity index is 724. The quantitative estimate of drug-likeness (QED) is 0.636. The highest BCUT2D eigenvalue weighted by Gasteiger charge is 2.08. The molecule has 0 aliphatic heterocycles. The Kier molecular flexibility index (Phi) is 8.65. The van der Waals surface area contributed by atoms with E-state index in [2.05, 4.69) is 5.32 Å². The largest absolute Gasteiger partial charge is 0.490 e. The van der Waals surface area contributed by atoms with Gasteiger partial charge in [-0.3, -0.25) is 4.79 Å². The van der Waals surface area contributed by atoms with Gasteiger partial charge in [0.2, 0.25) is 5.91 Å². The molecule has 1 N–H and O–H groups in total. The lowest BCUT2D eigenvalue weighted by molar-refractivity contribution is -0.118. The Balaban J connectivity index is 1.81. The van der Waals surface area contributed by atoms with Gasteiger partial charge < -0.3 is 14.8 Å². The lowest BCUT2D eigenvalue weighted by Crippen LogP contribution is -2.24. The SMILES string of the molecule is CCOc1ccc(CNC(=O)CSCc2ccccc2Cl)cc1OCC. The highest BCUT2D eigenvalue weighted by Crippen LogP contribution is 2.28. The zero-order valence-corrected chi connectivity index (χ0v) is 16.7. The van der Waals surface area contributed by atoms with E-state index >= 15 is 0 Å². The number of thioether (sulfide) groups is 1. The molecule has 0 unspecified atom stereocenters. The van der Waals surface area contributed by atoms with Crippen LogP contribution in [0, 0.1) is 0 Å². The predicted octanol–water partition coefficient (Wildman–Crippen LogP) is 4.69. The summed E-state index contributed by atoms with van der Waals surface area (Å²) in [6, 6.07) is 13.4. The molecule has 2 aromatic carbocycles. The summed E-state index contributed by atoms with van der Waals surface area (Å²) in [7, 11) is 0. The minimum Gasteiger partial charge on any atom is -0.490 e. The van der Waals surface area contributed by atoms with E-state index in [-0.39, 0.29) is 5.91 Å². The third-order valence-corrected chi connectivity index (χ3v) is 4.90. The lowest BCUT2D eigenvalue weighted by Gasteiger charge is -2.13. The molecule has 0 saturated heterocycles. The van der Waals surface area contributed by atoms with Crippen LogP contribution in [0.1, 0.15) is 25.0 Å². The molecule has 6 heteroatoms. The Hall–Kier alpha value is -1.85. The number of halogens is 1. The third kappa shape index (κ3) is 6.46. The fourth-order valence-electron chi connectivity index (χ4n) is 2.33. The van der Waals surface area contributed by atoms with Gasteiger partial charge in [0.1, 0.15) is 0 Å². The van der Waals surface area contributed by atoms with Crippen LogP contribution in [0.3, 0.4) is 0 Å². The summed E-state index contributed by atoms with van der Waals surface area (Å²) in [5.41, 5.74) is 2.01. The first-order valence-corrected chi connectivity index (χ1v) is 10.1. The molecule has 2 aromatic rings. The van der Waals surface area contributed by atoms with Crippen LogP contribution >= 0.6 is 23.4 Å². The van der Waals surface area contributed by atoms with Crippen molar-refractivity contribution < 1.29 is 14.3 Å². The van der Waals surface area contributed by atoms with Crippen LogP contribution in [0.25, 0.3) is 0 Å². The first-order valence-electron chi connectivity index (χ1n) is 8.60. The van der Waals surface area contributed by atoms with Gasteiger partial charge in [-0.25, -0.2) is 0 Å². The topological polar surface area (TPSA) is 47.6 Å². The summed E-state index contributed by atoms with van der Waals surface area (Å²) in [4.78, 5) is 12.1. The molecule has 0 aliphatic rings. The predicted molar refractivity (Wildman–Crippen MR) is 108 cm³/mol. The van der Waals surface area contributed by atoms with E-state index in [0.717, 1.165) is 21.9 Å². The molecular formula is C20H24ClNO3S. The van der Waals surface area contributed by atoms with Crippen LogP contribution in [-0.4, -0.2) is 24.9 Å². The van der Waals surface area contributed by atoms with Gasteiger partial charge in [-0.05, 0) is 43.2 Å². The molecule has 1 amide bonds. The maximum atomic E-state index is 12.1. The van der Waals surface area contributed by atoms with E-state index in [1.54, 1.807) is 11.8 Å². The van der Waals surface area contributed by atoms with Crippen LogP contribution in [0.4, 0.5) is 0 Å². The first kappa shape index (κ1) is 20.5. The fourth-order valence-corrected chi connectivity index (χ4v) is 3.47. The van der Waals surface area contributed by atoms with Crippen LogP contribution in [0.15, 0.2) is 42.5 Å². The minimum absolute atomic E-state index is 0.00565. The summed E-state index contributed by atoms with van der Waals surface area (Å²) in [6.07, 6.45) is 0. The molecule has 0 aromatic heterocycles. The molecule has 0 bridgehead atoms. The van der Waals surface area contributed by atoms with Crippen molar-refractivity contribution in [3.8, 4) is 11.5 Å². The van der Waals surface area contributed by atoms with Crippen LogP contribution in [-0.2, 0) is 17.1 Å². The van der Waals surface area contributed by atoms with E-state index in [1.165, 1.54) is 0 Å². The number of rotatable bonds is 10. The fraction of sp³-hybridized carbons (Fsp3) is 0.350. The average molecular weight is 394 g/mol. The van der Waals surface area contributed by atoms with E-state index in [1.807, 2.05) is 56.3 Å². The number of carbonyl (C=O) groups excluding carboxylic acids is 1. The van der Waals surface area contributed by atoms with Crippen molar-refractivity contribution in [2.45, 2.75) is 26.1 Å². The van der Waals surface area contributed by atoms with E-state index < -0.39 is 0 Å². The zero-order valence-electron chi connectivity index (χ0n) is 15.1. The highest BCUT2D eigenvalue weighted by molar-refractivity contribution is 7.99. The lowest BCUT2D eigenvalue weighted by atomic mass is 10.2. The molecule has 0 aliphatic carbocycles. The Morgan fingerprint density at radius 1 is 1.08 bits per heavy atom. The molecule has 0 radical (unpaired) electrons. The van der Waals surface area contributed by atoms with Crippen LogP contribution in [0.5, 0.6) is 11.5 Å². The van der Waals surface area contributed by atoms with E-state index in [0.29, 0.717) is 37.0 Å². The number of hydrogen-bond donors (Lipinski definition) is 1. The Morgan fingerprint density at radius 2 is 1.81 bits per heavy atom. The van der Waals surface area contributed by atoms with Gasteiger partial charge in [-0.2, -0.15) is 0 Å². The molecule has 0 saturated carbocycles. The molecule has 2 rings (SSSR count). The van der Waals surface area contributed by atoms with Gasteiger partial charge in [0, 0.05) is 17.3 Å². The molecular weight excluding hydrogens is 370 g/mol. The third-order valence-electron chi connectivity index (χ3n) is 3.55. The van der Waals surface area contributed by atoms with Gasteiger partial charge >= 0.3 is 0 Å². The summed E-state index contributed by atoms with van der Waals surface area (Å²) in [5.74, 6) is 2.52. The number of carbonyl (C=O) groups is 1. The second kappa shape index (κ2) is 11.0. The molecule has 26 heavy (non-hydrogen) atoms. The second-order valence-electron chi connectivity index (χ2n) is 5.51. The molecule has 4 nitrogen and oxygen atoms in total. The number of ether oxygens (including phenoxy) is 2. The second-order valence-corrected chi connectivity index (χ2v) is 6.90. The smallest absolute Gasteiger partial charge is 0.230 e. The minimum atomic E-state index is -0.00565. The van der Waals surface area contributed by atoms with Crippen molar-refractivity contribution in [3.63, 3.8) is 0 Å². The maximum absolute atomic E-state index is 12.1. The first-order chi connectivity index (χ1) is 12.6. The van der Waals surface area contributed by atoms with Crippen LogP contribution in [0.2, 0.25) is 5.02 Å². The van der Waals surface area contributed by atoms with Gasteiger partial charge in [-0.15, -0.1) is 11.8 Å². The summed E-state index contributed by atoms with van der Waals surface area (Å²) < 4.78 is 11.2. The van der Waals surface area contributed by atoms with Gasteiger partial charge in [0.05, 0.1) is 19.0 Å². The van der Waals surface area contributed by atoms with Gasteiger partial charge in [0.15, 0.2) is 11.5 Å². The molecule has 0 spiro atoms. The molecule has 0 fully saturated rings. The van der Waals surface area contributed by atoms with Crippen LogP contribution < -0.4 is 14.8 Å². The number of hydrogen-bond acceptors (Lipinski definition) is 4. The number of benzene rings is 2. The normalized spacial score (nSPS) is 10.4. The van der Waals surface area contributed by atoms with Crippen molar-refractivity contribution in [1.29, 1.82) is 0 Å². The van der Waals surface area contributed by atoms with Crippen molar-refractivity contribution in [2.24, 2.45) is 0 Å². The Morgan fingerprint density at radius 3 is 2.54 bits per heavy atom. The van der Waals surface area contributed by atoms with Gasteiger partial charge in [0.25, 0.3) is 0 Å².